The first kappa shape index (κ1) is 15.8. The van der Waals surface area contributed by atoms with Crippen LogP contribution in [0.25, 0.3) is 0 Å². The largest absolute Gasteiger partial charge is 0.387 e. The Morgan fingerprint density at radius 3 is 2.65 bits per heavy atom. The van der Waals surface area contributed by atoms with Crippen LogP contribution in [0.3, 0.4) is 0 Å². The Balaban J connectivity index is 1.94. The monoisotopic (exact) mass is 339 g/mol. The molecule has 20 heavy (non-hydrogen) atoms. The van der Waals surface area contributed by atoms with Crippen LogP contribution in [-0.4, -0.2) is 21.9 Å². The van der Waals surface area contributed by atoms with Gasteiger partial charge >= 0.3 is 0 Å². The molecule has 0 aromatic heterocycles. The van der Waals surface area contributed by atoms with Crippen molar-refractivity contribution < 1.29 is 14.3 Å². The van der Waals surface area contributed by atoms with Crippen LogP contribution in [0, 0.1) is 11.2 Å². The molecule has 0 spiro atoms. The molecule has 3 nitrogen and oxygen atoms in total. The molecule has 1 aromatic rings. The van der Waals surface area contributed by atoms with Crippen molar-refractivity contribution in [1.82, 2.24) is 5.32 Å². The van der Waals surface area contributed by atoms with Crippen molar-refractivity contribution in [3.8, 4) is 0 Å². The highest BCUT2D eigenvalue weighted by Gasteiger charge is 2.67. The van der Waals surface area contributed by atoms with Crippen LogP contribution < -0.4 is 5.32 Å². The smallest absolute Gasteiger partial charge is 0.229 e. The lowest BCUT2D eigenvalue weighted by Crippen LogP contribution is -2.36. The van der Waals surface area contributed by atoms with E-state index >= 15 is 0 Å². The highest BCUT2D eigenvalue weighted by Crippen LogP contribution is 2.63. The topological polar surface area (TPSA) is 49.3 Å². The van der Waals surface area contributed by atoms with E-state index in [0.717, 1.165) is 6.07 Å². The van der Waals surface area contributed by atoms with E-state index in [4.69, 9.17) is 34.8 Å². The van der Waals surface area contributed by atoms with Crippen molar-refractivity contribution in [3.05, 3.63) is 34.6 Å². The number of halogens is 4. The maximum absolute atomic E-state index is 13.3. The normalized spacial score (nSPS) is 25.1. The number of alkyl halides is 2. The Morgan fingerprint density at radius 2 is 2.15 bits per heavy atom. The van der Waals surface area contributed by atoms with Gasteiger partial charge in [0.1, 0.15) is 10.2 Å². The molecule has 0 radical (unpaired) electrons. The second-order valence-corrected chi connectivity index (χ2v) is 7.00. The predicted molar refractivity (Wildman–Crippen MR) is 76.5 cm³/mol. The summed E-state index contributed by atoms with van der Waals surface area (Å²) >= 11 is 17.3. The molecule has 0 heterocycles. The van der Waals surface area contributed by atoms with Crippen molar-refractivity contribution in [1.29, 1.82) is 0 Å². The summed E-state index contributed by atoms with van der Waals surface area (Å²) in [6, 6.07) is 3.97. The Bertz CT molecular complexity index is 552. The molecule has 1 aromatic carbocycles. The van der Waals surface area contributed by atoms with E-state index < -0.39 is 21.7 Å². The van der Waals surface area contributed by atoms with Gasteiger partial charge in [0.25, 0.3) is 0 Å². The van der Waals surface area contributed by atoms with Crippen LogP contribution in [0.2, 0.25) is 5.02 Å². The van der Waals surface area contributed by atoms with Gasteiger partial charge in [0, 0.05) is 6.54 Å². The van der Waals surface area contributed by atoms with Crippen molar-refractivity contribution in [2.45, 2.75) is 23.8 Å². The third-order valence-corrected chi connectivity index (χ3v) is 4.95. The van der Waals surface area contributed by atoms with Crippen molar-refractivity contribution in [3.63, 3.8) is 0 Å². The van der Waals surface area contributed by atoms with Gasteiger partial charge in [0.2, 0.25) is 5.91 Å². The Morgan fingerprint density at radius 1 is 1.55 bits per heavy atom. The van der Waals surface area contributed by atoms with Gasteiger partial charge in [-0.25, -0.2) is 4.39 Å². The lowest BCUT2D eigenvalue weighted by atomic mass is 10.1. The first-order chi connectivity index (χ1) is 9.17. The predicted octanol–water partition coefficient (Wildman–Crippen LogP) is 3.21. The van der Waals surface area contributed by atoms with E-state index in [9.17, 15) is 14.3 Å². The SMILES string of the molecule is CC1(C(=O)NCC(O)c2ccc(Cl)c(F)c2)CC1(Cl)Cl. The van der Waals surface area contributed by atoms with Crippen molar-refractivity contribution >= 4 is 40.7 Å². The first-order valence-corrected chi connectivity index (χ1v) is 7.10. The zero-order chi connectivity index (χ0) is 15.1. The second kappa shape index (κ2) is 5.34. The number of carbonyl (C=O) groups is 1. The molecule has 1 aliphatic carbocycles. The van der Waals surface area contributed by atoms with Gasteiger partial charge in [0.15, 0.2) is 0 Å². The quantitative estimate of drug-likeness (QED) is 0.827. The third kappa shape index (κ3) is 2.89. The van der Waals surface area contributed by atoms with E-state index in [1.54, 1.807) is 6.92 Å². The van der Waals surface area contributed by atoms with Crippen LogP contribution >= 0.6 is 34.8 Å². The number of amides is 1. The fourth-order valence-electron chi connectivity index (χ4n) is 1.87. The highest BCUT2D eigenvalue weighted by molar-refractivity contribution is 6.53. The highest BCUT2D eigenvalue weighted by atomic mass is 35.5. The Hall–Kier alpha value is -0.550. The molecule has 2 N–H and O–H groups in total. The van der Waals surface area contributed by atoms with Crippen molar-refractivity contribution in [2.75, 3.05) is 6.54 Å². The van der Waals surface area contributed by atoms with E-state index in [0.29, 0.717) is 12.0 Å². The summed E-state index contributed by atoms with van der Waals surface area (Å²) in [7, 11) is 0. The number of rotatable bonds is 4. The van der Waals surface area contributed by atoms with Crippen LogP contribution in [0.1, 0.15) is 25.0 Å². The fraction of sp³-hybridized carbons (Fsp3) is 0.462. The molecule has 0 saturated heterocycles. The summed E-state index contributed by atoms with van der Waals surface area (Å²) in [5, 5.41) is 12.4. The Kier molecular flexibility index (Phi) is 4.22. The number of aliphatic hydroxyl groups is 1. The van der Waals surface area contributed by atoms with Gasteiger partial charge in [-0.15, -0.1) is 23.2 Å². The second-order valence-electron chi connectivity index (χ2n) is 5.11. The molecule has 1 saturated carbocycles. The number of hydrogen-bond acceptors (Lipinski definition) is 2. The van der Waals surface area contributed by atoms with Gasteiger partial charge in [-0.2, -0.15) is 0 Å². The summed E-state index contributed by atoms with van der Waals surface area (Å²) in [6.07, 6.45) is -0.672. The van der Waals surface area contributed by atoms with E-state index in [1.807, 2.05) is 0 Å². The van der Waals surface area contributed by atoms with Gasteiger partial charge in [-0.3, -0.25) is 4.79 Å². The zero-order valence-electron chi connectivity index (χ0n) is 10.6. The molecule has 1 fully saturated rings. The third-order valence-electron chi connectivity index (χ3n) is 3.54. The molecule has 1 aliphatic rings. The molecule has 0 bridgehead atoms. The number of aliphatic hydroxyl groups excluding tert-OH is 1. The average molecular weight is 341 g/mol. The molecule has 2 atom stereocenters. The molecule has 110 valence electrons. The molecule has 2 unspecified atom stereocenters. The molecule has 0 aliphatic heterocycles. The number of carbonyl (C=O) groups excluding carboxylic acids is 1. The maximum Gasteiger partial charge on any atom is 0.229 e. The van der Waals surface area contributed by atoms with Crippen LogP contribution in [-0.2, 0) is 4.79 Å². The Labute approximate surface area is 131 Å². The van der Waals surface area contributed by atoms with Crippen LogP contribution in [0.4, 0.5) is 4.39 Å². The van der Waals surface area contributed by atoms with Gasteiger partial charge < -0.3 is 10.4 Å². The van der Waals surface area contributed by atoms with Gasteiger partial charge in [0.05, 0.1) is 16.5 Å². The fourth-order valence-corrected chi connectivity index (χ4v) is 2.69. The van der Waals surface area contributed by atoms with E-state index in [1.165, 1.54) is 12.1 Å². The summed E-state index contributed by atoms with van der Waals surface area (Å²) < 4.78 is 12.2. The van der Waals surface area contributed by atoms with E-state index in [-0.39, 0.29) is 17.5 Å². The maximum atomic E-state index is 13.3. The standard InChI is InChI=1S/C13H13Cl3FNO2/c1-12(6-13(12,15)16)11(20)18-5-10(19)7-2-3-8(14)9(17)4-7/h2-4,10,19H,5-6H2,1H3,(H,18,20). The van der Waals surface area contributed by atoms with Crippen molar-refractivity contribution in [2.24, 2.45) is 5.41 Å². The van der Waals surface area contributed by atoms with Crippen LogP contribution in [0.15, 0.2) is 18.2 Å². The zero-order valence-corrected chi connectivity index (χ0v) is 12.9. The van der Waals surface area contributed by atoms with Gasteiger partial charge in [-0.1, -0.05) is 17.7 Å². The molecule has 1 amide bonds. The average Bonchev–Trinajstić information content (AvgIpc) is 2.90. The number of hydrogen-bond donors (Lipinski definition) is 2. The summed E-state index contributed by atoms with van der Waals surface area (Å²) in [5.74, 6) is -0.958. The minimum Gasteiger partial charge on any atom is -0.387 e. The lowest BCUT2D eigenvalue weighted by molar-refractivity contribution is -0.126. The number of benzene rings is 1. The summed E-state index contributed by atoms with van der Waals surface area (Å²) in [6.45, 7) is 1.59. The lowest BCUT2D eigenvalue weighted by Gasteiger charge is -2.16. The minimum atomic E-state index is -1.06. The minimum absolute atomic E-state index is 0.0236. The summed E-state index contributed by atoms with van der Waals surface area (Å²) in [5.41, 5.74) is -0.516. The molecular formula is C13H13Cl3FNO2. The summed E-state index contributed by atoms with van der Waals surface area (Å²) in [4.78, 5) is 11.9. The van der Waals surface area contributed by atoms with Crippen LogP contribution in [0.5, 0.6) is 0 Å². The molecular weight excluding hydrogens is 328 g/mol. The number of nitrogens with one attached hydrogen (secondary N) is 1. The molecule has 2 rings (SSSR count). The van der Waals surface area contributed by atoms with E-state index in [2.05, 4.69) is 5.32 Å². The first-order valence-electron chi connectivity index (χ1n) is 5.96. The molecule has 7 heteroatoms. The van der Waals surface area contributed by atoms with Gasteiger partial charge in [-0.05, 0) is 31.0 Å².